The summed E-state index contributed by atoms with van der Waals surface area (Å²) >= 11 is 0. The third-order valence-electron chi connectivity index (χ3n) is 4.59. The second-order valence-corrected chi connectivity index (χ2v) is 12.1. The van der Waals surface area contributed by atoms with Crippen LogP contribution in [0.4, 0.5) is 11.4 Å². The molecule has 0 saturated carbocycles. The Morgan fingerprint density at radius 1 is 1.12 bits per heavy atom. The molecule has 0 heterocycles. The van der Waals surface area contributed by atoms with Crippen molar-refractivity contribution in [2.24, 2.45) is 0 Å². The molecule has 0 atom stereocenters. The molecule has 128 valence electrons. The van der Waals surface area contributed by atoms with E-state index in [4.69, 9.17) is 10.2 Å². The number of benzene rings is 2. The van der Waals surface area contributed by atoms with Crippen molar-refractivity contribution in [3.8, 4) is 16.9 Å². The van der Waals surface area contributed by atoms with Crippen LogP contribution in [-0.2, 0) is 0 Å². The number of anilines is 1. The fraction of sp³-hybridized carbons (Fsp3) is 0.333. The van der Waals surface area contributed by atoms with Gasteiger partial charge in [-0.2, -0.15) is 0 Å². The van der Waals surface area contributed by atoms with Gasteiger partial charge in [-0.1, -0.05) is 39.0 Å². The molecule has 0 radical (unpaired) electrons. The fourth-order valence-corrected chi connectivity index (χ4v) is 3.14. The number of nitro benzene ring substituents is 1. The highest BCUT2D eigenvalue weighted by atomic mass is 28.4. The average Bonchev–Trinajstić information content (AvgIpc) is 2.45. The van der Waals surface area contributed by atoms with E-state index >= 15 is 0 Å². The van der Waals surface area contributed by atoms with Crippen molar-refractivity contribution < 1.29 is 9.35 Å². The van der Waals surface area contributed by atoms with Gasteiger partial charge in [-0.3, -0.25) is 10.1 Å². The highest BCUT2D eigenvalue weighted by molar-refractivity contribution is 6.74. The van der Waals surface area contributed by atoms with Crippen LogP contribution in [0.15, 0.2) is 42.5 Å². The monoisotopic (exact) mass is 344 g/mol. The number of nitrogen functional groups attached to an aromatic ring is 1. The minimum Gasteiger partial charge on any atom is -0.543 e. The Labute approximate surface area is 143 Å². The van der Waals surface area contributed by atoms with E-state index in [1.807, 2.05) is 24.3 Å². The summed E-state index contributed by atoms with van der Waals surface area (Å²) in [5.41, 5.74) is 7.61. The normalized spacial score (nSPS) is 12.0. The molecule has 2 rings (SSSR count). The molecule has 0 bridgehead atoms. The molecule has 0 aliphatic rings. The number of nitro groups is 1. The molecule has 2 aromatic carbocycles. The number of rotatable bonds is 4. The molecular weight excluding hydrogens is 320 g/mol. The first-order valence-electron chi connectivity index (χ1n) is 7.85. The standard InChI is InChI=1S/C18H24N2O3Si/c1-18(2,3)24(4,5)23-17-9-7-6-8-14(17)13-10-11-16(20(21)22)15(19)12-13/h6-12H,19H2,1-5H3. The van der Waals surface area contributed by atoms with E-state index in [1.165, 1.54) is 6.07 Å². The summed E-state index contributed by atoms with van der Waals surface area (Å²) in [4.78, 5) is 10.5. The van der Waals surface area contributed by atoms with E-state index in [2.05, 4.69) is 33.9 Å². The van der Waals surface area contributed by atoms with Crippen LogP contribution < -0.4 is 10.2 Å². The lowest BCUT2D eigenvalue weighted by Gasteiger charge is -2.37. The Morgan fingerprint density at radius 2 is 1.75 bits per heavy atom. The van der Waals surface area contributed by atoms with Gasteiger partial charge in [-0.25, -0.2) is 0 Å². The van der Waals surface area contributed by atoms with Gasteiger partial charge in [0.2, 0.25) is 0 Å². The van der Waals surface area contributed by atoms with E-state index in [9.17, 15) is 10.1 Å². The molecule has 0 spiro atoms. The Hall–Kier alpha value is -2.34. The SMILES string of the molecule is CC(C)(C)[Si](C)(C)Oc1ccccc1-c1ccc([N+](=O)[O-])c(N)c1. The fourth-order valence-electron chi connectivity index (χ4n) is 2.11. The molecule has 0 saturated heterocycles. The molecule has 0 amide bonds. The molecule has 24 heavy (non-hydrogen) atoms. The van der Waals surface area contributed by atoms with Crippen LogP contribution in [0.3, 0.4) is 0 Å². The Kier molecular flexibility index (Phi) is 4.71. The molecule has 0 unspecified atom stereocenters. The Morgan fingerprint density at radius 3 is 2.29 bits per heavy atom. The van der Waals surface area contributed by atoms with E-state index < -0.39 is 13.2 Å². The first-order chi connectivity index (χ1) is 11.0. The maximum absolute atomic E-state index is 10.9. The lowest BCUT2D eigenvalue weighted by Crippen LogP contribution is -2.43. The van der Waals surface area contributed by atoms with Gasteiger partial charge in [-0.05, 0) is 41.9 Å². The molecular formula is C18H24N2O3Si. The van der Waals surface area contributed by atoms with Crippen molar-refractivity contribution in [3.05, 3.63) is 52.6 Å². The number of nitrogens with two attached hydrogens (primary N) is 1. The van der Waals surface area contributed by atoms with Crippen LogP contribution in [-0.4, -0.2) is 13.2 Å². The predicted octanol–water partition coefficient (Wildman–Crippen LogP) is 5.23. The van der Waals surface area contributed by atoms with Crippen molar-refractivity contribution in [1.82, 2.24) is 0 Å². The van der Waals surface area contributed by atoms with Crippen molar-refractivity contribution in [2.45, 2.75) is 38.9 Å². The summed E-state index contributed by atoms with van der Waals surface area (Å²) in [6.07, 6.45) is 0. The van der Waals surface area contributed by atoms with Crippen LogP contribution in [0, 0.1) is 10.1 Å². The van der Waals surface area contributed by atoms with Crippen LogP contribution in [0.25, 0.3) is 11.1 Å². The third kappa shape index (κ3) is 3.59. The van der Waals surface area contributed by atoms with Gasteiger partial charge in [0, 0.05) is 11.6 Å². The number of nitrogens with zero attached hydrogens (tertiary/aromatic N) is 1. The third-order valence-corrected chi connectivity index (χ3v) is 8.94. The first kappa shape index (κ1) is 18.0. The zero-order valence-corrected chi connectivity index (χ0v) is 15.8. The predicted molar refractivity (Wildman–Crippen MR) is 101 cm³/mol. The van der Waals surface area contributed by atoms with E-state index in [1.54, 1.807) is 12.1 Å². The zero-order chi connectivity index (χ0) is 18.1. The van der Waals surface area contributed by atoms with Gasteiger partial charge in [0.1, 0.15) is 11.4 Å². The second kappa shape index (κ2) is 6.28. The molecule has 6 heteroatoms. The molecule has 5 nitrogen and oxygen atoms in total. The quantitative estimate of drug-likeness (QED) is 0.356. The zero-order valence-electron chi connectivity index (χ0n) is 14.8. The van der Waals surface area contributed by atoms with Crippen LogP contribution in [0.2, 0.25) is 18.1 Å². The largest absolute Gasteiger partial charge is 0.543 e. The number of hydrogen-bond donors (Lipinski definition) is 1. The minimum atomic E-state index is -1.99. The van der Waals surface area contributed by atoms with Crippen molar-refractivity contribution in [1.29, 1.82) is 0 Å². The summed E-state index contributed by atoms with van der Waals surface area (Å²) in [5, 5.41) is 11.0. The summed E-state index contributed by atoms with van der Waals surface area (Å²) in [6.45, 7) is 10.9. The molecule has 0 aromatic heterocycles. The van der Waals surface area contributed by atoms with Crippen LogP contribution >= 0.6 is 0 Å². The highest BCUT2D eigenvalue weighted by Crippen LogP contribution is 2.41. The first-order valence-corrected chi connectivity index (χ1v) is 10.8. The number of hydrogen-bond acceptors (Lipinski definition) is 4. The highest BCUT2D eigenvalue weighted by Gasteiger charge is 2.39. The molecule has 0 aliphatic heterocycles. The van der Waals surface area contributed by atoms with Crippen LogP contribution in [0.5, 0.6) is 5.75 Å². The van der Waals surface area contributed by atoms with Crippen LogP contribution in [0.1, 0.15) is 20.8 Å². The van der Waals surface area contributed by atoms with Gasteiger partial charge < -0.3 is 10.2 Å². The smallest absolute Gasteiger partial charge is 0.292 e. The van der Waals surface area contributed by atoms with Gasteiger partial charge >= 0.3 is 0 Å². The maximum Gasteiger partial charge on any atom is 0.292 e. The van der Waals surface area contributed by atoms with Gasteiger partial charge in [0.25, 0.3) is 14.0 Å². The maximum atomic E-state index is 10.9. The van der Waals surface area contributed by atoms with E-state index in [0.29, 0.717) is 0 Å². The second-order valence-electron chi connectivity index (χ2n) is 7.39. The Bertz CT molecular complexity index is 767. The van der Waals surface area contributed by atoms with Gasteiger partial charge in [-0.15, -0.1) is 0 Å². The van der Waals surface area contributed by atoms with E-state index in [-0.39, 0.29) is 16.4 Å². The summed E-state index contributed by atoms with van der Waals surface area (Å²) < 4.78 is 6.43. The molecule has 0 aliphatic carbocycles. The summed E-state index contributed by atoms with van der Waals surface area (Å²) in [7, 11) is -1.99. The van der Waals surface area contributed by atoms with Crippen molar-refractivity contribution in [3.63, 3.8) is 0 Å². The lowest BCUT2D eigenvalue weighted by atomic mass is 10.0. The summed E-state index contributed by atoms with van der Waals surface area (Å²) in [6, 6.07) is 12.5. The molecule has 2 aromatic rings. The van der Waals surface area contributed by atoms with Crippen molar-refractivity contribution >= 4 is 19.7 Å². The lowest BCUT2D eigenvalue weighted by molar-refractivity contribution is -0.383. The Balaban J connectivity index is 2.47. The van der Waals surface area contributed by atoms with Gasteiger partial charge in [0.15, 0.2) is 0 Å². The topological polar surface area (TPSA) is 78.4 Å². The average molecular weight is 344 g/mol. The van der Waals surface area contributed by atoms with E-state index in [0.717, 1.165) is 16.9 Å². The number of para-hydroxylation sites is 1. The molecule has 2 N–H and O–H groups in total. The summed E-state index contributed by atoms with van der Waals surface area (Å²) in [5.74, 6) is 0.789. The minimum absolute atomic E-state index is 0.0780. The van der Waals surface area contributed by atoms with Gasteiger partial charge in [0.05, 0.1) is 4.92 Å². The molecule has 0 fully saturated rings. The van der Waals surface area contributed by atoms with Crippen molar-refractivity contribution in [2.75, 3.05) is 5.73 Å².